The van der Waals surface area contributed by atoms with Crippen LogP contribution in [-0.4, -0.2) is 18.1 Å². The zero-order valence-electron chi connectivity index (χ0n) is 24.0. The molecule has 0 saturated carbocycles. The van der Waals surface area contributed by atoms with E-state index >= 15 is 0 Å². The van der Waals surface area contributed by atoms with Crippen molar-refractivity contribution in [3.63, 3.8) is 0 Å². The number of rotatable bonds is 7. The SMILES string of the molecule is CC(C)c1ccccc1-n1c[n+]2c(n1)CC[C@H]2C(O[Si](C)(C)C(C)(C)C)(c1ccccc1)c1ccccc1. The highest BCUT2D eigenvalue weighted by Crippen LogP contribution is 2.50. The maximum Gasteiger partial charge on any atom is 0.278 e. The molecule has 4 aromatic rings. The van der Waals surface area contributed by atoms with Crippen molar-refractivity contribution in [2.45, 2.75) is 83.2 Å². The monoisotopic (exact) mass is 524 g/mol. The van der Waals surface area contributed by atoms with Crippen LogP contribution in [-0.2, 0) is 16.4 Å². The fraction of sp³-hybridized carbons (Fsp3) is 0.394. The van der Waals surface area contributed by atoms with E-state index < -0.39 is 13.9 Å². The number of aromatic nitrogens is 3. The van der Waals surface area contributed by atoms with Gasteiger partial charge in [0.25, 0.3) is 5.82 Å². The molecule has 0 fully saturated rings. The molecular formula is C33H42N3OSi+. The van der Waals surface area contributed by atoms with Crippen molar-refractivity contribution in [1.82, 2.24) is 9.78 Å². The molecule has 0 bridgehead atoms. The van der Waals surface area contributed by atoms with Crippen LogP contribution >= 0.6 is 0 Å². The molecule has 0 unspecified atom stereocenters. The lowest BCUT2D eigenvalue weighted by Gasteiger charge is -2.48. The summed E-state index contributed by atoms with van der Waals surface area (Å²) >= 11 is 0. The minimum Gasteiger partial charge on any atom is -0.400 e. The Hall–Kier alpha value is -3.02. The normalized spacial score (nSPS) is 16.2. The molecule has 5 rings (SSSR count). The highest BCUT2D eigenvalue weighted by atomic mass is 28.4. The van der Waals surface area contributed by atoms with Gasteiger partial charge >= 0.3 is 0 Å². The lowest BCUT2D eigenvalue weighted by molar-refractivity contribution is -0.730. The van der Waals surface area contributed by atoms with Crippen LogP contribution in [0.1, 0.15) is 75.5 Å². The van der Waals surface area contributed by atoms with E-state index in [2.05, 4.69) is 148 Å². The van der Waals surface area contributed by atoms with Gasteiger partial charge in [0.05, 0.1) is 0 Å². The van der Waals surface area contributed by atoms with E-state index in [0.29, 0.717) is 5.92 Å². The second kappa shape index (κ2) is 9.94. The molecule has 1 atom stereocenters. The number of aryl methyl sites for hydroxylation is 1. The summed E-state index contributed by atoms with van der Waals surface area (Å²) in [6.45, 7) is 16.2. The van der Waals surface area contributed by atoms with Gasteiger partial charge < -0.3 is 4.43 Å². The molecule has 0 saturated heterocycles. The first-order valence-electron chi connectivity index (χ1n) is 13.9. The van der Waals surface area contributed by atoms with Crippen LogP contribution in [0.25, 0.3) is 5.69 Å². The van der Waals surface area contributed by atoms with E-state index in [-0.39, 0.29) is 11.1 Å². The van der Waals surface area contributed by atoms with Crippen LogP contribution in [0.2, 0.25) is 18.1 Å². The van der Waals surface area contributed by atoms with Gasteiger partial charge in [0.1, 0.15) is 17.3 Å². The average Bonchev–Trinajstić information content (AvgIpc) is 3.49. The van der Waals surface area contributed by atoms with Gasteiger partial charge in [-0.25, -0.2) is 4.57 Å². The molecule has 0 amide bonds. The topological polar surface area (TPSA) is 30.9 Å². The standard InChI is InChI=1S/C33H42N3OSi/c1-25(2)28-20-14-15-21-29(28)36-24-35-30(22-23-31(35)34-36)33(26-16-10-8-11-17-26,27-18-12-9-13-19-27)37-38(6,7)32(3,4)5/h8-21,24-25,30H,22-23H2,1-7H3/q+1/t30-/m0/s1. The number of benzene rings is 3. The Balaban J connectivity index is 1.73. The minimum absolute atomic E-state index is 0.0638. The van der Waals surface area contributed by atoms with Gasteiger partial charge in [0, 0.05) is 11.5 Å². The largest absolute Gasteiger partial charge is 0.400 e. The minimum atomic E-state index is -2.22. The number of nitrogens with zero attached hydrogens (tertiary/aromatic N) is 3. The predicted molar refractivity (Wildman–Crippen MR) is 157 cm³/mol. The summed E-state index contributed by atoms with van der Waals surface area (Å²) in [5, 5.41) is 5.20. The number of hydrogen-bond acceptors (Lipinski definition) is 2. The van der Waals surface area contributed by atoms with Crippen LogP contribution in [0.15, 0.2) is 91.3 Å². The lowest BCUT2D eigenvalue weighted by Crippen LogP contribution is -2.57. The summed E-state index contributed by atoms with van der Waals surface area (Å²) in [6.07, 6.45) is 4.11. The van der Waals surface area contributed by atoms with E-state index in [1.54, 1.807) is 0 Å². The summed E-state index contributed by atoms with van der Waals surface area (Å²) in [6, 6.07) is 30.5. The van der Waals surface area contributed by atoms with E-state index in [4.69, 9.17) is 9.52 Å². The van der Waals surface area contributed by atoms with Crippen molar-refractivity contribution in [2.75, 3.05) is 0 Å². The van der Waals surface area contributed by atoms with Crippen LogP contribution in [0.5, 0.6) is 0 Å². The lowest BCUT2D eigenvalue weighted by atomic mass is 9.79. The summed E-state index contributed by atoms with van der Waals surface area (Å²) in [4.78, 5) is 0. The van der Waals surface area contributed by atoms with Gasteiger partial charge in [-0.15, -0.1) is 0 Å². The van der Waals surface area contributed by atoms with Crippen molar-refractivity contribution in [2.24, 2.45) is 0 Å². The Kier molecular flexibility index (Phi) is 6.95. The van der Waals surface area contributed by atoms with Gasteiger partial charge in [0.2, 0.25) is 6.33 Å². The first-order chi connectivity index (χ1) is 18.0. The average molecular weight is 525 g/mol. The Labute approximate surface area is 229 Å². The fourth-order valence-electron chi connectivity index (χ4n) is 5.59. The molecule has 3 aromatic carbocycles. The van der Waals surface area contributed by atoms with Crippen LogP contribution in [0.3, 0.4) is 0 Å². The fourth-order valence-corrected chi connectivity index (χ4v) is 7.08. The van der Waals surface area contributed by atoms with E-state index in [0.717, 1.165) is 24.4 Å². The van der Waals surface area contributed by atoms with Gasteiger partial charge in [-0.3, -0.25) is 0 Å². The molecule has 1 aliphatic heterocycles. The second-order valence-electron chi connectivity index (χ2n) is 12.5. The Morgan fingerprint density at radius 2 is 1.42 bits per heavy atom. The highest BCUT2D eigenvalue weighted by Gasteiger charge is 2.55. The molecule has 198 valence electrons. The third-order valence-corrected chi connectivity index (χ3v) is 13.1. The summed E-state index contributed by atoms with van der Waals surface area (Å²) in [5.74, 6) is 1.53. The van der Waals surface area contributed by atoms with Gasteiger partial charge in [-0.05, 0) is 53.2 Å². The van der Waals surface area contributed by atoms with Crippen LogP contribution in [0, 0.1) is 0 Å². The molecule has 2 heterocycles. The first kappa shape index (κ1) is 26.6. The van der Waals surface area contributed by atoms with Crippen molar-refractivity contribution in [3.05, 3.63) is 114 Å². The Morgan fingerprint density at radius 1 is 0.868 bits per heavy atom. The van der Waals surface area contributed by atoms with Crippen molar-refractivity contribution in [3.8, 4) is 5.69 Å². The number of para-hydroxylation sites is 1. The Bertz CT molecular complexity index is 1350. The summed E-state index contributed by atoms with van der Waals surface area (Å²) in [7, 11) is -2.22. The summed E-state index contributed by atoms with van der Waals surface area (Å²) in [5.41, 5.74) is 4.24. The molecular weight excluding hydrogens is 482 g/mol. The smallest absolute Gasteiger partial charge is 0.278 e. The number of fused-ring (bicyclic) bond motifs is 1. The maximum atomic E-state index is 7.66. The van der Waals surface area contributed by atoms with Crippen LogP contribution in [0.4, 0.5) is 0 Å². The molecule has 0 radical (unpaired) electrons. The first-order valence-corrected chi connectivity index (χ1v) is 16.9. The third-order valence-electron chi connectivity index (χ3n) is 8.63. The molecule has 4 nitrogen and oxygen atoms in total. The number of hydrogen-bond donors (Lipinski definition) is 0. The Morgan fingerprint density at radius 3 is 1.97 bits per heavy atom. The van der Waals surface area contributed by atoms with Crippen molar-refractivity contribution in [1.29, 1.82) is 0 Å². The third kappa shape index (κ3) is 4.56. The van der Waals surface area contributed by atoms with Crippen molar-refractivity contribution >= 4 is 8.32 Å². The molecule has 38 heavy (non-hydrogen) atoms. The molecule has 1 aromatic heterocycles. The molecule has 0 spiro atoms. The zero-order valence-corrected chi connectivity index (χ0v) is 25.0. The molecule has 1 aliphatic rings. The molecule has 5 heteroatoms. The summed E-state index contributed by atoms with van der Waals surface area (Å²) < 4.78 is 12.2. The van der Waals surface area contributed by atoms with Gasteiger partial charge in [-0.1, -0.05) is 118 Å². The van der Waals surface area contributed by atoms with Gasteiger partial charge in [0.15, 0.2) is 8.32 Å². The van der Waals surface area contributed by atoms with E-state index in [1.165, 1.54) is 16.7 Å². The van der Waals surface area contributed by atoms with Crippen molar-refractivity contribution < 1.29 is 8.99 Å². The van der Waals surface area contributed by atoms with Crippen LogP contribution < -0.4 is 4.57 Å². The van der Waals surface area contributed by atoms with E-state index in [9.17, 15) is 0 Å². The molecule has 0 aliphatic carbocycles. The molecule has 0 N–H and O–H groups in total. The van der Waals surface area contributed by atoms with E-state index in [1.807, 2.05) is 0 Å². The highest BCUT2D eigenvalue weighted by molar-refractivity contribution is 6.74. The second-order valence-corrected chi connectivity index (χ2v) is 17.2. The predicted octanol–water partition coefficient (Wildman–Crippen LogP) is 7.74. The van der Waals surface area contributed by atoms with Gasteiger partial charge in [-0.2, -0.15) is 0 Å². The quantitative estimate of drug-likeness (QED) is 0.183. The maximum absolute atomic E-state index is 7.66. The zero-order chi connectivity index (χ0) is 27.1.